The van der Waals surface area contributed by atoms with Gasteiger partial charge in [0, 0.05) is 42.8 Å². The van der Waals surface area contributed by atoms with Crippen molar-refractivity contribution in [1.82, 2.24) is 23.8 Å². The van der Waals surface area contributed by atoms with E-state index in [1.165, 1.54) is 0 Å². The molecule has 1 fully saturated rings. The van der Waals surface area contributed by atoms with Crippen LogP contribution in [0.3, 0.4) is 0 Å². The number of carboxylic acids is 1. The van der Waals surface area contributed by atoms with Gasteiger partial charge < -0.3 is 14.7 Å². The second kappa shape index (κ2) is 10.1. The zero-order chi connectivity index (χ0) is 25.9. The first-order valence-corrected chi connectivity index (χ1v) is 12.3. The molecule has 2 N–H and O–H groups in total. The third-order valence-corrected chi connectivity index (χ3v) is 7.52. The fourth-order valence-electron chi connectivity index (χ4n) is 3.88. The first kappa shape index (κ1) is 25.4. The number of carbonyl (C=O) groups is 1. The Morgan fingerprint density at radius 2 is 1.75 bits per heavy atom. The van der Waals surface area contributed by atoms with E-state index < -0.39 is 22.2 Å². The van der Waals surface area contributed by atoms with Crippen LogP contribution in [0.5, 0.6) is 0 Å². The number of benzene rings is 1. The second-order valence-corrected chi connectivity index (χ2v) is 10.0. The molecule has 5 rings (SSSR count). The van der Waals surface area contributed by atoms with Gasteiger partial charge in [0.25, 0.3) is 0 Å². The molecule has 0 unspecified atom stereocenters. The second-order valence-electron chi connectivity index (χ2n) is 8.09. The van der Waals surface area contributed by atoms with E-state index >= 15 is 0 Å². The number of hydrogen-bond donors (Lipinski definition) is 2. The third-order valence-electron chi connectivity index (χ3n) is 5.61. The fraction of sp³-hybridized carbons (Fsp3) is 0.261. The molecule has 1 aromatic carbocycles. The number of carboxylic acid groups (broad SMARTS) is 1. The van der Waals surface area contributed by atoms with Gasteiger partial charge in [0.2, 0.25) is 10.0 Å². The number of aromatic nitrogens is 4. The lowest BCUT2D eigenvalue weighted by Crippen LogP contribution is -2.27. The molecule has 4 heterocycles. The van der Waals surface area contributed by atoms with E-state index in [1.54, 1.807) is 35.2 Å². The Kier molecular flexibility index (Phi) is 7.13. The number of nitrogens with one attached hydrogen (secondary N) is 1. The van der Waals surface area contributed by atoms with Crippen molar-refractivity contribution in [3.8, 4) is 11.1 Å². The van der Waals surface area contributed by atoms with Gasteiger partial charge in [-0.3, -0.25) is 0 Å². The molecule has 36 heavy (non-hydrogen) atoms. The number of sulfonamides is 1. The van der Waals surface area contributed by atoms with Gasteiger partial charge in [-0.25, -0.2) is 23.2 Å². The fourth-order valence-corrected chi connectivity index (χ4v) is 5.40. The van der Waals surface area contributed by atoms with E-state index in [1.807, 2.05) is 29.0 Å². The Bertz CT molecular complexity index is 1440. The van der Waals surface area contributed by atoms with Crippen molar-refractivity contribution in [2.75, 3.05) is 13.1 Å². The number of imidazole rings is 1. The summed E-state index contributed by atoms with van der Waals surface area (Å²) in [6.07, 6.45) is 4.00. The van der Waals surface area contributed by atoms with Crippen LogP contribution in [-0.2, 0) is 21.4 Å². The molecule has 0 radical (unpaired) electrons. The molecular formula is C23H22F3N5O4S. The molecule has 0 amide bonds. The summed E-state index contributed by atoms with van der Waals surface area (Å²) in [6, 6.07) is 11.2. The summed E-state index contributed by atoms with van der Waals surface area (Å²) in [7, 11) is -3.40. The quantitative estimate of drug-likeness (QED) is 0.411. The predicted octanol–water partition coefficient (Wildman–Crippen LogP) is 3.89. The lowest BCUT2D eigenvalue weighted by Gasteiger charge is -2.15. The minimum Gasteiger partial charge on any atom is -0.475 e. The van der Waals surface area contributed by atoms with Crippen LogP contribution in [0.25, 0.3) is 22.2 Å². The van der Waals surface area contributed by atoms with Crippen LogP contribution in [0.2, 0.25) is 0 Å². The molecule has 190 valence electrons. The maximum Gasteiger partial charge on any atom is 0.490 e. The van der Waals surface area contributed by atoms with Gasteiger partial charge in [-0.2, -0.15) is 17.5 Å². The summed E-state index contributed by atoms with van der Waals surface area (Å²) in [5.41, 5.74) is 3.83. The number of aromatic amines is 1. The predicted molar refractivity (Wildman–Crippen MR) is 125 cm³/mol. The van der Waals surface area contributed by atoms with Crippen molar-refractivity contribution < 1.29 is 31.5 Å². The van der Waals surface area contributed by atoms with Gasteiger partial charge in [0.15, 0.2) is 0 Å². The average molecular weight is 522 g/mol. The molecule has 0 bridgehead atoms. The summed E-state index contributed by atoms with van der Waals surface area (Å²) in [5.74, 6) is -2.76. The third kappa shape index (κ3) is 5.57. The SMILES string of the molecule is O=C(O)C(F)(F)F.O=S(=O)(c1ccc(-c2ccnc3[nH]c(Cn4ccnc4)cc23)cc1)N1CCCC1. The van der Waals surface area contributed by atoms with Crippen LogP contribution in [0, 0.1) is 0 Å². The van der Waals surface area contributed by atoms with Crippen molar-refractivity contribution in [3.05, 3.63) is 67.0 Å². The summed E-state index contributed by atoms with van der Waals surface area (Å²) < 4.78 is 60.8. The van der Waals surface area contributed by atoms with Crippen LogP contribution >= 0.6 is 0 Å². The minimum absolute atomic E-state index is 0.350. The van der Waals surface area contributed by atoms with Gasteiger partial charge >= 0.3 is 12.1 Å². The lowest BCUT2D eigenvalue weighted by atomic mass is 10.0. The Morgan fingerprint density at radius 3 is 2.33 bits per heavy atom. The zero-order valence-corrected chi connectivity index (χ0v) is 19.6. The Hall–Kier alpha value is -3.71. The van der Waals surface area contributed by atoms with Gasteiger partial charge in [-0.15, -0.1) is 0 Å². The number of hydrogen-bond acceptors (Lipinski definition) is 5. The van der Waals surface area contributed by atoms with Crippen molar-refractivity contribution in [3.63, 3.8) is 0 Å². The molecule has 1 aliphatic heterocycles. The van der Waals surface area contributed by atoms with Crippen molar-refractivity contribution in [1.29, 1.82) is 0 Å². The van der Waals surface area contributed by atoms with Crippen LogP contribution in [0.15, 0.2) is 66.2 Å². The standard InChI is InChI=1S/C21H21N5O2S.C2HF3O2/c27-29(28,26-10-1-2-11-26)18-5-3-16(4-6-18)19-7-8-23-21-20(19)13-17(24-21)14-25-12-9-22-15-25;3-2(4,5)1(6)7/h3-9,12-13,15H,1-2,10-11,14H2,(H,23,24);(H,6,7). The van der Waals surface area contributed by atoms with E-state index in [0.29, 0.717) is 24.5 Å². The number of fused-ring (bicyclic) bond motifs is 1. The molecular weight excluding hydrogens is 499 g/mol. The summed E-state index contributed by atoms with van der Waals surface area (Å²) >= 11 is 0. The van der Waals surface area contributed by atoms with Crippen molar-refractivity contribution in [2.24, 2.45) is 0 Å². The Labute approximate surface area is 204 Å². The van der Waals surface area contributed by atoms with Crippen molar-refractivity contribution in [2.45, 2.75) is 30.5 Å². The molecule has 0 saturated carbocycles. The summed E-state index contributed by atoms with van der Waals surface area (Å²) in [6.45, 7) is 1.90. The largest absolute Gasteiger partial charge is 0.490 e. The van der Waals surface area contributed by atoms with Crippen LogP contribution in [0.1, 0.15) is 18.5 Å². The monoisotopic (exact) mass is 521 g/mol. The zero-order valence-electron chi connectivity index (χ0n) is 18.8. The molecule has 0 atom stereocenters. The maximum absolute atomic E-state index is 12.8. The van der Waals surface area contributed by atoms with Gasteiger partial charge in [0.1, 0.15) is 5.65 Å². The number of rotatable bonds is 5. The van der Waals surface area contributed by atoms with Crippen LogP contribution in [0.4, 0.5) is 13.2 Å². The molecule has 13 heteroatoms. The summed E-state index contributed by atoms with van der Waals surface area (Å²) in [4.78, 5) is 21.1. The number of alkyl halides is 3. The van der Waals surface area contributed by atoms with Gasteiger partial charge in [-0.05, 0) is 48.2 Å². The van der Waals surface area contributed by atoms with E-state index in [-0.39, 0.29) is 0 Å². The topological polar surface area (TPSA) is 121 Å². The number of pyridine rings is 1. The smallest absolute Gasteiger partial charge is 0.475 e. The highest BCUT2D eigenvalue weighted by molar-refractivity contribution is 7.89. The normalized spacial score (nSPS) is 14.5. The van der Waals surface area contributed by atoms with E-state index in [0.717, 1.165) is 40.7 Å². The maximum atomic E-state index is 12.8. The highest BCUT2D eigenvalue weighted by Crippen LogP contribution is 2.30. The van der Waals surface area contributed by atoms with E-state index in [9.17, 15) is 21.6 Å². The van der Waals surface area contributed by atoms with Gasteiger partial charge in [0.05, 0.1) is 17.8 Å². The average Bonchev–Trinajstić information content (AvgIpc) is 3.60. The van der Waals surface area contributed by atoms with E-state index in [4.69, 9.17) is 9.90 Å². The Balaban J connectivity index is 0.000000384. The Morgan fingerprint density at radius 1 is 1.08 bits per heavy atom. The highest BCUT2D eigenvalue weighted by atomic mass is 32.2. The van der Waals surface area contributed by atoms with Crippen LogP contribution in [-0.4, -0.2) is 62.6 Å². The molecule has 1 aliphatic rings. The first-order valence-electron chi connectivity index (χ1n) is 10.9. The minimum atomic E-state index is -5.08. The number of halogens is 3. The highest BCUT2D eigenvalue weighted by Gasteiger charge is 2.38. The molecule has 9 nitrogen and oxygen atoms in total. The molecule has 0 aliphatic carbocycles. The number of aliphatic carboxylic acids is 1. The summed E-state index contributed by atoms with van der Waals surface area (Å²) in [5, 5.41) is 8.14. The number of nitrogens with zero attached hydrogens (tertiary/aromatic N) is 4. The molecule has 4 aromatic rings. The van der Waals surface area contributed by atoms with E-state index in [2.05, 4.69) is 21.0 Å². The van der Waals surface area contributed by atoms with Crippen molar-refractivity contribution >= 4 is 27.0 Å². The first-order chi connectivity index (χ1) is 17.1. The van der Waals surface area contributed by atoms with Crippen LogP contribution < -0.4 is 0 Å². The lowest BCUT2D eigenvalue weighted by molar-refractivity contribution is -0.192. The van der Waals surface area contributed by atoms with Gasteiger partial charge in [-0.1, -0.05) is 12.1 Å². The molecule has 0 spiro atoms. The molecule has 1 saturated heterocycles. The molecule has 3 aromatic heterocycles. The number of H-pyrrole nitrogens is 1.